The van der Waals surface area contributed by atoms with Crippen molar-refractivity contribution in [2.24, 2.45) is 0 Å². The number of para-hydroxylation sites is 1. The van der Waals surface area contributed by atoms with Crippen molar-refractivity contribution in [3.05, 3.63) is 60.2 Å². The summed E-state index contributed by atoms with van der Waals surface area (Å²) in [4.78, 5) is 16.7. The number of halogens is 2. The van der Waals surface area contributed by atoms with Crippen molar-refractivity contribution in [3.63, 3.8) is 0 Å². The van der Waals surface area contributed by atoms with Gasteiger partial charge in [-0.1, -0.05) is 18.2 Å². The molecule has 0 unspecified atom stereocenters. The van der Waals surface area contributed by atoms with Gasteiger partial charge in [-0.15, -0.1) is 0 Å². The van der Waals surface area contributed by atoms with Crippen LogP contribution in [0.15, 0.2) is 48.5 Å². The second-order valence-electron chi connectivity index (χ2n) is 6.98. The van der Waals surface area contributed by atoms with Crippen LogP contribution in [0.1, 0.15) is 6.92 Å². The van der Waals surface area contributed by atoms with Crippen molar-refractivity contribution in [1.29, 1.82) is 0 Å². The molecule has 0 aliphatic carbocycles. The van der Waals surface area contributed by atoms with Crippen molar-refractivity contribution in [1.82, 2.24) is 4.90 Å². The summed E-state index contributed by atoms with van der Waals surface area (Å²) >= 11 is 0. The lowest BCUT2D eigenvalue weighted by Gasteiger charge is -2.39. The summed E-state index contributed by atoms with van der Waals surface area (Å²) in [6.07, 6.45) is 0.936. The van der Waals surface area contributed by atoms with Crippen LogP contribution in [0, 0.1) is 11.6 Å². The maximum Gasteiger partial charge on any atom is 0.246 e. The van der Waals surface area contributed by atoms with Gasteiger partial charge in [0.05, 0.1) is 11.9 Å². The van der Waals surface area contributed by atoms with E-state index >= 15 is 0 Å². The van der Waals surface area contributed by atoms with Crippen molar-refractivity contribution >= 4 is 27.3 Å². The Morgan fingerprint density at radius 2 is 1.62 bits per heavy atom. The van der Waals surface area contributed by atoms with Gasteiger partial charge in [0.15, 0.2) is 11.6 Å². The van der Waals surface area contributed by atoms with E-state index in [1.807, 2.05) is 30.3 Å². The van der Waals surface area contributed by atoms with Gasteiger partial charge < -0.3 is 9.80 Å². The molecule has 0 saturated carbocycles. The van der Waals surface area contributed by atoms with E-state index in [1.165, 1.54) is 6.92 Å². The van der Waals surface area contributed by atoms with Crippen LogP contribution >= 0.6 is 0 Å². The van der Waals surface area contributed by atoms with E-state index in [2.05, 4.69) is 4.90 Å². The van der Waals surface area contributed by atoms with Crippen LogP contribution in [-0.4, -0.2) is 57.7 Å². The zero-order chi connectivity index (χ0) is 21.2. The molecule has 0 spiro atoms. The minimum atomic E-state index is -3.90. The van der Waals surface area contributed by atoms with Crippen molar-refractivity contribution in [2.75, 3.05) is 41.6 Å². The Bertz CT molecular complexity index is 978. The van der Waals surface area contributed by atoms with Gasteiger partial charge in [-0.25, -0.2) is 17.2 Å². The molecule has 1 aliphatic rings. The Morgan fingerprint density at radius 1 is 1.00 bits per heavy atom. The van der Waals surface area contributed by atoms with Crippen LogP contribution in [0.4, 0.5) is 20.2 Å². The Labute approximate surface area is 169 Å². The third-order valence-electron chi connectivity index (χ3n) is 4.94. The third-order valence-corrected chi connectivity index (χ3v) is 6.18. The SMILES string of the molecule is C[C@@H](C(=O)N1CCN(c2ccccc2)CC1)N(c1ccc(F)c(F)c1)S(C)(=O)=O. The van der Waals surface area contributed by atoms with Gasteiger partial charge in [0.25, 0.3) is 0 Å². The summed E-state index contributed by atoms with van der Waals surface area (Å²) < 4.78 is 52.4. The molecular formula is C20H23F2N3O3S. The molecule has 1 saturated heterocycles. The summed E-state index contributed by atoms with van der Waals surface area (Å²) in [5.41, 5.74) is 0.974. The Balaban J connectivity index is 1.76. The molecule has 2 aromatic rings. The van der Waals surface area contributed by atoms with Gasteiger partial charge in [-0.2, -0.15) is 0 Å². The lowest BCUT2D eigenvalue weighted by Crippen LogP contribution is -2.55. The van der Waals surface area contributed by atoms with Crippen molar-refractivity contribution < 1.29 is 22.0 Å². The number of amides is 1. The number of hydrogen-bond donors (Lipinski definition) is 0. The van der Waals surface area contributed by atoms with Gasteiger partial charge in [0.1, 0.15) is 6.04 Å². The van der Waals surface area contributed by atoms with Gasteiger partial charge in [-0.05, 0) is 31.2 Å². The van der Waals surface area contributed by atoms with Crippen LogP contribution in [0.25, 0.3) is 0 Å². The zero-order valence-electron chi connectivity index (χ0n) is 16.3. The van der Waals surface area contributed by atoms with E-state index in [4.69, 9.17) is 0 Å². The average molecular weight is 423 g/mol. The predicted molar refractivity (Wildman–Crippen MR) is 108 cm³/mol. The van der Waals surface area contributed by atoms with Crippen LogP contribution in [0.3, 0.4) is 0 Å². The molecule has 6 nitrogen and oxygen atoms in total. The number of carbonyl (C=O) groups is 1. The molecule has 1 heterocycles. The normalized spacial score (nSPS) is 15.9. The first-order valence-electron chi connectivity index (χ1n) is 9.21. The number of nitrogens with zero attached hydrogens (tertiary/aromatic N) is 3. The van der Waals surface area contributed by atoms with Gasteiger partial charge in [0, 0.05) is 37.9 Å². The predicted octanol–water partition coefficient (Wildman–Crippen LogP) is 2.47. The number of hydrogen-bond acceptors (Lipinski definition) is 4. The minimum absolute atomic E-state index is 0.0878. The van der Waals surface area contributed by atoms with E-state index in [1.54, 1.807) is 4.90 Å². The number of carbonyl (C=O) groups excluding carboxylic acids is 1. The highest BCUT2D eigenvalue weighted by atomic mass is 32.2. The topological polar surface area (TPSA) is 60.9 Å². The first-order valence-corrected chi connectivity index (χ1v) is 11.1. The van der Waals surface area contributed by atoms with E-state index in [-0.39, 0.29) is 11.6 Å². The van der Waals surface area contributed by atoms with Gasteiger partial charge >= 0.3 is 0 Å². The molecule has 9 heteroatoms. The van der Waals surface area contributed by atoms with E-state index in [0.29, 0.717) is 26.2 Å². The molecule has 29 heavy (non-hydrogen) atoms. The second kappa shape index (κ2) is 8.36. The molecule has 1 atom stereocenters. The minimum Gasteiger partial charge on any atom is -0.368 e. The first-order chi connectivity index (χ1) is 13.7. The highest BCUT2D eigenvalue weighted by Gasteiger charge is 2.33. The maximum atomic E-state index is 13.7. The number of rotatable bonds is 5. The molecule has 0 bridgehead atoms. The smallest absolute Gasteiger partial charge is 0.246 e. The highest BCUT2D eigenvalue weighted by molar-refractivity contribution is 7.92. The number of sulfonamides is 1. The molecule has 1 fully saturated rings. The summed E-state index contributed by atoms with van der Waals surface area (Å²) in [5, 5.41) is 0. The van der Waals surface area contributed by atoms with Crippen LogP contribution in [-0.2, 0) is 14.8 Å². The fourth-order valence-corrected chi connectivity index (χ4v) is 4.67. The number of piperazine rings is 1. The van der Waals surface area contributed by atoms with Crippen molar-refractivity contribution in [2.45, 2.75) is 13.0 Å². The largest absolute Gasteiger partial charge is 0.368 e. The molecule has 156 valence electrons. The maximum absolute atomic E-state index is 13.7. The van der Waals surface area contributed by atoms with Crippen LogP contribution in [0.2, 0.25) is 0 Å². The summed E-state index contributed by atoms with van der Waals surface area (Å²) in [6.45, 7) is 3.56. The Kier molecular flexibility index (Phi) is 6.07. The molecule has 0 aromatic heterocycles. The monoisotopic (exact) mass is 423 g/mol. The zero-order valence-corrected chi connectivity index (χ0v) is 17.1. The average Bonchev–Trinajstić information content (AvgIpc) is 2.70. The number of anilines is 2. The third kappa shape index (κ3) is 4.67. The van der Waals surface area contributed by atoms with Crippen molar-refractivity contribution in [3.8, 4) is 0 Å². The lowest BCUT2D eigenvalue weighted by atomic mass is 10.2. The fourth-order valence-electron chi connectivity index (χ4n) is 3.51. The van der Waals surface area contributed by atoms with Crippen LogP contribution < -0.4 is 9.21 Å². The Morgan fingerprint density at radius 3 is 2.17 bits per heavy atom. The van der Waals surface area contributed by atoms with Gasteiger partial charge in [0.2, 0.25) is 15.9 Å². The van der Waals surface area contributed by atoms with E-state index in [0.717, 1.165) is 34.4 Å². The first kappa shape index (κ1) is 21.0. The fraction of sp³-hybridized carbons (Fsp3) is 0.350. The standard InChI is InChI=1S/C20H23F2N3O3S/c1-15(25(29(2,27)28)17-8-9-18(21)19(22)14-17)20(26)24-12-10-23(11-13-24)16-6-4-3-5-7-16/h3-9,14-15H,10-13H2,1-2H3/t15-/m0/s1. The number of benzene rings is 2. The van der Waals surface area contributed by atoms with Gasteiger partial charge in [-0.3, -0.25) is 9.10 Å². The second-order valence-corrected chi connectivity index (χ2v) is 8.84. The summed E-state index contributed by atoms with van der Waals surface area (Å²) in [5.74, 6) is -2.64. The molecule has 0 N–H and O–H groups in total. The Hall–Kier alpha value is -2.68. The molecule has 1 amide bonds. The molecular weight excluding hydrogens is 400 g/mol. The summed E-state index contributed by atoms with van der Waals surface area (Å²) in [6, 6.07) is 11.5. The van der Waals surface area contributed by atoms with E-state index in [9.17, 15) is 22.0 Å². The molecule has 1 aliphatic heterocycles. The molecule has 2 aromatic carbocycles. The summed E-state index contributed by atoms with van der Waals surface area (Å²) in [7, 11) is -3.90. The molecule has 3 rings (SSSR count). The lowest BCUT2D eigenvalue weighted by molar-refractivity contribution is -0.132. The van der Waals surface area contributed by atoms with E-state index < -0.39 is 27.7 Å². The van der Waals surface area contributed by atoms with Crippen LogP contribution in [0.5, 0.6) is 0 Å². The quantitative estimate of drug-likeness (QED) is 0.741. The highest BCUT2D eigenvalue weighted by Crippen LogP contribution is 2.24. The molecule has 0 radical (unpaired) electrons.